The Balaban J connectivity index is 2.49. The minimum atomic E-state index is -3.12. The maximum Gasteiger partial charge on any atom is 0.241 e. The Kier molecular flexibility index (Phi) is 2.14. The van der Waals surface area contributed by atoms with Crippen molar-refractivity contribution in [3.8, 4) is 0 Å². The monoisotopic (exact) mass is 246 g/mol. The fraction of sp³-hybridized carbons (Fsp3) is 0.667. The molecule has 0 fully saturated rings. The van der Waals surface area contributed by atoms with E-state index in [0.717, 1.165) is 9.88 Å². The third kappa shape index (κ3) is 1.65. The maximum atomic E-state index is 11.5. The van der Waals surface area contributed by atoms with E-state index in [-0.39, 0.29) is 11.2 Å². The number of rotatable bonds is 0. The van der Waals surface area contributed by atoms with E-state index in [4.69, 9.17) is 0 Å². The van der Waals surface area contributed by atoms with Gasteiger partial charge in [-0.05, 0) is 0 Å². The first-order valence-corrected chi connectivity index (χ1v) is 7.11. The van der Waals surface area contributed by atoms with Gasteiger partial charge in [0.1, 0.15) is 10.8 Å². The molecule has 1 aromatic heterocycles. The smallest absolute Gasteiger partial charge is 0.241 e. The summed E-state index contributed by atoms with van der Waals surface area (Å²) >= 11 is 1.50. The van der Waals surface area contributed by atoms with Crippen molar-refractivity contribution >= 4 is 27.2 Å². The van der Waals surface area contributed by atoms with Crippen LogP contribution in [0.25, 0.3) is 0 Å². The molecule has 0 atom stereocenters. The predicted molar refractivity (Wildman–Crippen MR) is 61.8 cm³/mol. The minimum Gasteiger partial charge on any atom is -0.256 e. The van der Waals surface area contributed by atoms with E-state index in [2.05, 4.69) is 25.8 Å². The molecule has 1 aliphatic heterocycles. The van der Waals surface area contributed by atoms with Crippen LogP contribution in [-0.4, -0.2) is 20.4 Å². The van der Waals surface area contributed by atoms with Gasteiger partial charge in [-0.15, -0.1) is 11.3 Å². The molecule has 0 spiro atoms. The van der Waals surface area contributed by atoms with Gasteiger partial charge < -0.3 is 0 Å². The Hall–Kier alpha value is -0.620. The molecule has 0 unspecified atom stereocenters. The molecule has 2 heterocycles. The topological polar surface area (TPSA) is 50.3 Å². The van der Waals surface area contributed by atoms with Crippen LogP contribution in [0.1, 0.15) is 30.7 Å². The molecule has 0 aliphatic carbocycles. The Morgan fingerprint density at radius 1 is 1.40 bits per heavy atom. The molecular weight excluding hydrogens is 232 g/mol. The molecule has 6 heteroatoms. The Morgan fingerprint density at radius 2 is 2.00 bits per heavy atom. The largest absolute Gasteiger partial charge is 0.256 e. The summed E-state index contributed by atoms with van der Waals surface area (Å²) < 4.78 is 24.4. The number of thiazole rings is 1. The second-order valence-electron chi connectivity index (χ2n) is 4.74. The molecule has 2 rings (SSSR count). The molecule has 0 saturated carbocycles. The van der Waals surface area contributed by atoms with Gasteiger partial charge >= 0.3 is 0 Å². The van der Waals surface area contributed by atoms with Gasteiger partial charge in [-0.2, -0.15) is 0 Å². The molecule has 0 saturated heterocycles. The Bertz CT molecular complexity index is 497. The maximum absolute atomic E-state index is 11.5. The summed E-state index contributed by atoms with van der Waals surface area (Å²) in [5, 5.41) is 0.995. The summed E-state index contributed by atoms with van der Waals surface area (Å²) in [4.78, 5) is 5.27. The van der Waals surface area contributed by atoms with Gasteiger partial charge in [0, 0.05) is 12.5 Å². The average Bonchev–Trinajstić information content (AvgIpc) is 2.51. The number of hydrogen-bond donors (Lipinski definition) is 0. The lowest BCUT2D eigenvalue weighted by Crippen LogP contribution is -2.22. The highest BCUT2D eigenvalue weighted by atomic mass is 32.2. The Labute approximate surface area is 94.0 Å². The van der Waals surface area contributed by atoms with Crippen LogP contribution in [0.5, 0.6) is 0 Å². The number of nitrogens with zero attached hydrogens (tertiary/aromatic N) is 2. The number of fused-ring (bicyclic) bond motifs is 1. The zero-order valence-corrected chi connectivity index (χ0v) is 10.9. The van der Waals surface area contributed by atoms with Crippen molar-refractivity contribution in [1.82, 2.24) is 4.98 Å². The van der Waals surface area contributed by atoms with Crippen molar-refractivity contribution in [1.29, 1.82) is 0 Å². The summed E-state index contributed by atoms with van der Waals surface area (Å²) in [7, 11) is -1.56. The van der Waals surface area contributed by atoms with Crippen molar-refractivity contribution in [2.45, 2.75) is 31.9 Å². The lowest BCUT2D eigenvalue weighted by atomic mass is 9.98. The predicted octanol–water partition coefficient (Wildman–Crippen LogP) is 1.72. The lowest BCUT2D eigenvalue weighted by Gasteiger charge is -2.15. The first-order chi connectivity index (χ1) is 6.72. The molecule has 0 amide bonds. The fourth-order valence-electron chi connectivity index (χ4n) is 1.40. The second kappa shape index (κ2) is 2.95. The average molecular weight is 246 g/mol. The number of anilines is 1. The first kappa shape index (κ1) is 10.9. The van der Waals surface area contributed by atoms with Crippen LogP contribution in [-0.2, 0) is 21.2 Å². The quantitative estimate of drug-likeness (QED) is 0.700. The summed E-state index contributed by atoms with van der Waals surface area (Å²) in [5.41, 5.74) is -0.0143. The third-order valence-electron chi connectivity index (χ3n) is 2.35. The number of hydrogen-bond acceptors (Lipinski definition) is 4. The van der Waals surface area contributed by atoms with Gasteiger partial charge in [-0.25, -0.2) is 13.4 Å². The third-order valence-corrected chi connectivity index (χ3v) is 5.66. The summed E-state index contributed by atoms with van der Waals surface area (Å²) in [6.07, 6.45) is 0. The van der Waals surface area contributed by atoms with Gasteiger partial charge in [0.15, 0.2) is 5.82 Å². The molecule has 0 N–H and O–H groups in total. The van der Waals surface area contributed by atoms with E-state index < -0.39 is 10.0 Å². The highest BCUT2D eigenvalue weighted by Gasteiger charge is 2.35. The molecule has 0 radical (unpaired) electrons. The SMILES string of the molecule is CN1c2nc(C(C)(C)C)sc2CS1(=O)=O. The van der Waals surface area contributed by atoms with E-state index in [9.17, 15) is 8.42 Å². The van der Waals surface area contributed by atoms with E-state index in [0.29, 0.717) is 5.82 Å². The molecule has 4 nitrogen and oxygen atoms in total. The number of aromatic nitrogens is 1. The Morgan fingerprint density at radius 3 is 2.47 bits per heavy atom. The molecule has 1 aliphatic rings. The normalized spacial score (nSPS) is 19.3. The zero-order valence-electron chi connectivity index (χ0n) is 9.23. The van der Waals surface area contributed by atoms with Gasteiger partial charge in [-0.1, -0.05) is 20.8 Å². The highest BCUT2D eigenvalue weighted by molar-refractivity contribution is 7.92. The molecule has 1 aromatic rings. The summed E-state index contributed by atoms with van der Waals surface area (Å²) in [5.74, 6) is 0.719. The van der Waals surface area contributed by atoms with Crippen LogP contribution in [0.2, 0.25) is 0 Å². The standard InChI is InChI=1S/C9H14N2O2S2/c1-9(2,3)8-10-7-6(14-8)5-15(12,13)11(7)4/h5H2,1-4H3. The van der Waals surface area contributed by atoms with Crippen molar-refractivity contribution < 1.29 is 8.42 Å². The van der Waals surface area contributed by atoms with Gasteiger partial charge in [0.2, 0.25) is 10.0 Å². The first-order valence-electron chi connectivity index (χ1n) is 4.68. The molecular formula is C9H14N2O2S2. The van der Waals surface area contributed by atoms with E-state index in [1.807, 2.05) is 0 Å². The highest BCUT2D eigenvalue weighted by Crippen LogP contribution is 2.39. The van der Waals surface area contributed by atoms with Crippen LogP contribution in [0.3, 0.4) is 0 Å². The van der Waals surface area contributed by atoms with Crippen LogP contribution in [0, 0.1) is 0 Å². The van der Waals surface area contributed by atoms with Gasteiger partial charge in [0.25, 0.3) is 0 Å². The minimum absolute atomic E-state index is 0.0143. The van der Waals surface area contributed by atoms with E-state index >= 15 is 0 Å². The summed E-state index contributed by atoms with van der Waals surface area (Å²) in [6.45, 7) is 6.24. The molecule has 84 valence electrons. The molecule has 0 aromatic carbocycles. The van der Waals surface area contributed by atoms with Gasteiger partial charge in [-0.3, -0.25) is 4.31 Å². The zero-order chi connectivity index (χ0) is 11.4. The van der Waals surface area contributed by atoms with Crippen molar-refractivity contribution in [3.05, 3.63) is 9.88 Å². The van der Waals surface area contributed by atoms with E-state index in [1.54, 1.807) is 7.05 Å². The second-order valence-corrected chi connectivity index (χ2v) is 7.82. The molecule has 15 heavy (non-hydrogen) atoms. The van der Waals surface area contributed by atoms with Crippen molar-refractivity contribution in [2.24, 2.45) is 0 Å². The van der Waals surface area contributed by atoms with Crippen LogP contribution in [0.15, 0.2) is 0 Å². The van der Waals surface area contributed by atoms with Crippen molar-refractivity contribution in [2.75, 3.05) is 11.4 Å². The molecule has 0 bridgehead atoms. The van der Waals surface area contributed by atoms with Crippen LogP contribution < -0.4 is 4.31 Å². The summed E-state index contributed by atoms with van der Waals surface area (Å²) in [6, 6.07) is 0. The number of sulfonamides is 1. The lowest BCUT2D eigenvalue weighted by molar-refractivity contribution is 0.583. The van der Waals surface area contributed by atoms with Crippen molar-refractivity contribution in [3.63, 3.8) is 0 Å². The van der Waals surface area contributed by atoms with Gasteiger partial charge in [0.05, 0.1) is 4.88 Å². The fourth-order valence-corrected chi connectivity index (χ4v) is 4.15. The van der Waals surface area contributed by atoms with Crippen LogP contribution >= 0.6 is 11.3 Å². The van der Waals surface area contributed by atoms with Crippen LogP contribution in [0.4, 0.5) is 5.82 Å². The van der Waals surface area contributed by atoms with E-state index in [1.165, 1.54) is 15.6 Å².